The first-order valence-electron chi connectivity index (χ1n) is 8.55. The smallest absolute Gasteiger partial charge is 0.110 e. The number of aryl methyl sites for hydroxylation is 1. The highest BCUT2D eigenvalue weighted by molar-refractivity contribution is 5.05. The fourth-order valence-corrected chi connectivity index (χ4v) is 3.83. The monoisotopic (exact) mass is 294 g/mol. The average molecular weight is 294 g/mol. The van der Waals surface area contributed by atoms with Crippen LogP contribution in [0.5, 0.6) is 0 Å². The van der Waals surface area contributed by atoms with Crippen molar-refractivity contribution in [1.29, 1.82) is 0 Å². The summed E-state index contributed by atoms with van der Waals surface area (Å²) in [7, 11) is 2.09. The molecule has 0 aromatic carbocycles. The third-order valence-corrected chi connectivity index (χ3v) is 5.14. The van der Waals surface area contributed by atoms with E-state index in [4.69, 9.17) is 0 Å². The van der Waals surface area contributed by atoms with Crippen LogP contribution in [0.3, 0.4) is 0 Å². The van der Waals surface area contributed by atoms with Crippen molar-refractivity contribution < 1.29 is 0 Å². The number of imidazole rings is 1. The molecule has 0 aliphatic rings. The molecule has 1 aromatic rings. The van der Waals surface area contributed by atoms with Gasteiger partial charge in [0.25, 0.3) is 0 Å². The van der Waals surface area contributed by atoms with Crippen LogP contribution < -0.4 is 5.32 Å². The molecule has 122 valence electrons. The van der Waals surface area contributed by atoms with E-state index in [1.54, 1.807) is 0 Å². The van der Waals surface area contributed by atoms with Crippen LogP contribution in [0.15, 0.2) is 12.4 Å². The van der Waals surface area contributed by atoms with Crippen LogP contribution in [-0.4, -0.2) is 46.2 Å². The molecular formula is C17H34N4. The Labute approximate surface area is 130 Å². The Morgan fingerprint density at radius 3 is 2.24 bits per heavy atom. The zero-order valence-electron chi connectivity index (χ0n) is 14.8. The molecule has 1 N–H and O–H groups in total. The van der Waals surface area contributed by atoms with E-state index in [2.05, 4.69) is 67.6 Å². The van der Waals surface area contributed by atoms with Gasteiger partial charge in [0.1, 0.15) is 5.82 Å². The van der Waals surface area contributed by atoms with E-state index in [1.165, 1.54) is 5.82 Å². The van der Waals surface area contributed by atoms with Crippen molar-refractivity contribution in [3.8, 4) is 0 Å². The topological polar surface area (TPSA) is 33.1 Å². The Balaban J connectivity index is 3.07. The van der Waals surface area contributed by atoms with Crippen LogP contribution in [0.2, 0.25) is 0 Å². The van der Waals surface area contributed by atoms with E-state index in [1.807, 2.05) is 6.20 Å². The minimum atomic E-state index is 0.197. The van der Waals surface area contributed by atoms with Crippen molar-refractivity contribution in [2.75, 3.05) is 20.1 Å². The van der Waals surface area contributed by atoms with Gasteiger partial charge < -0.3 is 9.88 Å². The Kier molecular flexibility index (Phi) is 7.40. The predicted molar refractivity (Wildman–Crippen MR) is 90.7 cm³/mol. The molecule has 0 saturated heterocycles. The van der Waals surface area contributed by atoms with Crippen LogP contribution in [0, 0.1) is 0 Å². The second-order valence-electron chi connectivity index (χ2n) is 5.66. The first-order chi connectivity index (χ1) is 10.1. The summed E-state index contributed by atoms with van der Waals surface area (Å²) in [6, 6.07) is 0.417. The maximum absolute atomic E-state index is 4.57. The van der Waals surface area contributed by atoms with Gasteiger partial charge in [-0.15, -0.1) is 0 Å². The molecule has 4 heteroatoms. The third kappa shape index (κ3) is 3.67. The van der Waals surface area contributed by atoms with Crippen LogP contribution in [0.4, 0.5) is 0 Å². The van der Waals surface area contributed by atoms with Crippen LogP contribution in [-0.2, 0) is 13.0 Å². The van der Waals surface area contributed by atoms with Gasteiger partial charge in [-0.3, -0.25) is 4.90 Å². The fraction of sp³-hybridized carbons (Fsp3) is 0.824. The van der Waals surface area contributed by atoms with Gasteiger partial charge >= 0.3 is 0 Å². The lowest BCUT2D eigenvalue weighted by atomic mass is 9.80. The zero-order chi connectivity index (χ0) is 15.9. The van der Waals surface area contributed by atoms with E-state index in [-0.39, 0.29) is 5.54 Å². The number of likely N-dealkylation sites (N-methyl/N-ethyl adjacent to an activating group) is 2. The summed E-state index contributed by atoms with van der Waals surface area (Å²) < 4.78 is 2.25. The Morgan fingerprint density at radius 2 is 1.81 bits per heavy atom. The van der Waals surface area contributed by atoms with Gasteiger partial charge in [0.2, 0.25) is 0 Å². The van der Waals surface area contributed by atoms with Gasteiger partial charge in [-0.05, 0) is 39.9 Å². The molecule has 0 aliphatic carbocycles. The lowest BCUT2D eigenvalue weighted by molar-refractivity contribution is 0.0510. The van der Waals surface area contributed by atoms with Gasteiger partial charge in [0.15, 0.2) is 0 Å². The van der Waals surface area contributed by atoms with E-state index in [0.29, 0.717) is 6.04 Å². The Bertz CT molecular complexity index is 391. The van der Waals surface area contributed by atoms with Crippen molar-refractivity contribution in [3.63, 3.8) is 0 Å². The maximum Gasteiger partial charge on any atom is 0.110 e. The van der Waals surface area contributed by atoms with E-state index < -0.39 is 0 Å². The zero-order valence-corrected chi connectivity index (χ0v) is 14.8. The number of nitrogens with one attached hydrogen (secondary N) is 1. The minimum absolute atomic E-state index is 0.197. The summed E-state index contributed by atoms with van der Waals surface area (Å²) in [4.78, 5) is 7.19. The number of rotatable bonds is 10. The summed E-state index contributed by atoms with van der Waals surface area (Å²) >= 11 is 0. The number of nitrogens with zero attached hydrogens (tertiary/aromatic N) is 3. The molecule has 0 radical (unpaired) electrons. The highest BCUT2D eigenvalue weighted by Crippen LogP contribution is 2.29. The normalized spacial score (nSPS) is 13.9. The fourth-order valence-electron chi connectivity index (χ4n) is 3.83. The summed E-state index contributed by atoms with van der Waals surface area (Å²) in [6.07, 6.45) is 7.30. The number of aromatic nitrogens is 2. The molecule has 1 heterocycles. The molecule has 1 aromatic heterocycles. The van der Waals surface area contributed by atoms with E-state index in [9.17, 15) is 0 Å². The van der Waals surface area contributed by atoms with Crippen LogP contribution >= 0.6 is 0 Å². The van der Waals surface area contributed by atoms with Crippen LogP contribution in [0.1, 0.15) is 53.3 Å². The molecule has 1 rings (SSSR count). The number of hydrogen-bond acceptors (Lipinski definition) is 3. The van der Waals surface area contributed by atoms with Crippen molar-refractivity contribution in [2.24, 2.45) is 0 Å². The van der Waals surface area contributed by atoms with Gasteiger partial charge in [0.05, 0.1) is 0 Å². The molecule has 0 fully saturated rings. The van der Waals surface area contributed by atoms with Gasteiger partial charge in [-0.2, -0.15) is 0 Å². The second kappa shape index (κ2) is 8.54. The van der Waals surface area contributed by atoms with Gasteiger partial charge in [-0.1, -0.05) is 27.7 Å². The van der Waals surface area contributed by atoms with E-state index >= 15 is 0 Å². The summed E-state index contributed by atoms with van der Waals surface area (Å²) in [6.45, 7) is 14.5. The predicted octanol–water partition coefficient (Wildman–Crippen LogP) is 2.93. The van der Waals surface area contributed by atoms with Crippen molar-refractivity contribution in [1.82, 2.24) is 19.8 Å². The van der Waals surface area contributed by atoms with Crippen molar-refractivity contribution in [3.05, 3.63) is 18.2 Å². The molecule has 0 saturated carbocycles. The largest absolute Gasteiger partial charge is 0.335 e. The molecule has 0 aliphatic heterocycles. The quantitative estimate of drug-likeness (QED) is 0.720. The van der Waals surface area contributed by atoms with Crippen LogP contribution in [0.25, 0.3) is 0 Å². The van der Waals surface area contributed by atoms with Gasteiger partial charge in [-0.25, -0.2) is 4.98 Å². The average Bonchev–Trinajstić information content (AvgIpc) is 2.98. The Hall–Kier alpha value is -0.870. The van der Waals surface area contributed by atoms with Crippen molar-refractivity contribution >= 4 is 0 Å². The molecule has 1 unspecified atom stereocenters. The highest BCUT2D eigenvalue weighted by Gasteiger charge is 2.39. The molecule has 1 atom stereocenters. The molecule has 4 nitrogen and oxygen atoms in total. The minimum Gasteiger partial charge on any atom is -0.335 e. The third-order valence-electron chi connectivity index (χ3n) is 5.14. The summed E-state index contributed by atoms with van der Waals surface area (Å²) in [5, 5.41) is 3.59. The van der Waals surface area contributed by atoms with E-state index in [0.717, 1.165) is 38.9 Å². The number of hydrogen-bond donors (Lipinski definition) is 1. The first kappa shape index (κ1) is 18.2. The second-order valence-corrected chi connectivity index (χ2v) is 5.66. The lowest BCUT2D eigenvalue weighted by Gasteiger charge is -2.48. The molecule has 21 heavy (non-hydrogen) atoms. The SMILES string of the molecule is CCN(CC)C(CC)(CC)C(Cc1nccn1CC)NC. The summed E-state index contributed by atoms with van der Waals surface area (Å²) in [5.41, 5.74) is 0.197. The highest BCUT2D eigenvalue weighted by atomic mass is 15.2. The standard InChI is InChI=1S/C17H34N4/c1-7-17(8-2,21(10-4)11-5)15(18-6)14-16-19-12-13-20(16)9-3/h12-13,15,18H,7-11,14H2,1-6H3. The lowest BCUT2D eigenvalue weighted by Crippen LogP contribution is -2.61. The van der Waals surface area contributed by atoms with Crippen molar-refractivity contribution in [2.45, 2.75) is 72.0 Å². The molecular weight excluding hydrogens is 260 g/mol. The molecule has 0 bridgehead atoms. The summed E-state index contributed by atoms with van der Waals surface area (Å²) in [5.74, 6) is 1.19. The first-order valence-corrected chi connectivity index (χ1v) is 8.55. The molecule has 0 amide bonds. The Morgan fingerprint density at radius 1 is 1.19 bits per heavy atom. The van der Waals surface area contributed by atoms with Gasteiger partial charge in [0, 0.05) is 36.9 Å². The molecule has 0 spiro atoms. The maximum atomic E-state index is 4.57.